The maximum atomic E-state index is 14.5. The number of nitrogens with zero attached hydrogens (tertiary/aromatic N) is 4. The first-order valence-electron chi connectivity index (χ1n) is 10.7. The van der Waals surface area contributed by atoms with Gasteiger partial charge < -0.3 is 14.0 Å². The predicted molar refractivity (Wildman–Crippen MR) is 126 cm³/mol. The normalized spacial score (nSPS) is 15.7. The second-order valence-corrected chi connectivity index (χ2v) is 11.4. The van der Waals surface area contributed by atoms with E-state index in [0.717, 1.165) is 38.6 Å². The Bertz CT molecular complexity index is 1280. The van der Waals surface area contributed by atoms with Crippen LogP contribution in [0, 0.1) is 12.7 Å². The number of carbonyl (C=O) groups is 1. The highest BCUT2D eigenvalue weighted by atomic mass is 32.1. The number of halogens is 1. The average molecular weight is 473 g/mol. The van der Waals surface area contributed by atoms with E-state index in [1.165, 1.54) is 10.9 Å². The zero-order valence-corrected chi connectivity index (χ0v) is 20.1. The van der Waals surface area contributed by atoms with Crippen LogP contribution < -0.4 is 0 Å². The van der Waals surface area contributed by atoms with Crippen molar-refractivity contribution in [1.29, 1.82) is 0 Å². The molecule has 5 heterocycles. The number of ether oxygens (including phenoxy) is 1. The van der Waals surface area contributed by atoms with Crippen LogP contribution in [0.5, 0.6) is 0 Å². The van der Waals surface area contributed by atoms with Gasteiger partial charge in [0.1, 0.15) is 15.4 Å². The monoisotopic (exact) mass is 472 g/mol. The quantitative estimate of drug-likeness (QED) is 0.347. The lowest BCUT2D eigenvalue weighted by Gasteiger charge is -2.33. The molecule has 1 saturated heterocycles. The van der Waals surface area contributed by atoms with Gasteiger partial charge in [-0.05, 0) is 58.6 Å². The van der Waals surface area contributed by atoms with E-state index in [2.05, 4.69) is 11.1 Å². The average Bonchev–Trinajstić information content (AvgIpc) is 3.39. The Morgan fingerprint density at radius 2 is 1.91 bits per heavy atom. The third-order valence-electron chi connectivity index (χ3n) is 5.53. The van der Waals surface area contributed by atoms with Gasteiger partial charge in [0.25, 0.3) is 0 Å². The molecule has 0 N–H and O–H groups in total. The molecule has 0 unspecified atom stereocenters. The van der Waals surface area contributed by atoms with Crippen molar-refractivity contribution in [2.75, 3.05) is 13.1 Å². The van der Waals surface area contributed by atoms with Crippen molar-refractivity contribution in [3.8, 4) is 10.6 Å². The second kappa shape index (κ2) is 7.81. The molecule has 1 aliphatic rings. The molecule has 0 bridgehead atoms. The van der Waals surface area contributed by atoms with Gasteiger partial charge in [-0.3, -0.25) is 0 Å². The minimum Gasteiger partial charge on any atom is -0.444 e. The van der Waals surface area contributed by atoms with E-state index in [1.807, 2.05) is 40.1 Å². The molecule has 0 aromatic carbocycles. The van der Waals surface area contributed by atoms with Crippen molar-refractivity contribution in [2.45, 2.75) is 52.1 Å². The van der Waals surface area contributed by atoms with Crippen molar-refractivity contribution in [2.24, 2.45) is 0 Å². The van der Waals surface area contributed by atoms with Gasteiger partial charge in [-0.25, -0.2) is 19.2 Å². The molecule has 4 aromatic rings. The molecule has 4 aromatic heterocycles. The molecular formula is C23H25FN4O2S2. The second-order valence-electron chi connectivity index (χ2n) is 9.27. The number of thiazole rings is 1. The summed E-state index contributed by atoms with van der Waals surface area (Å²) in [5.41, 5.74) is 1.40. The maximum absolute atomic E-state index is 14.5. The molecule has 0 aliphatic carbocycles. The number of rotatable bonds is 2. The van der Waals surface area contributed by atoms with Crippen molar-refractivity contribution in [3.05, 3.63) is 40.9 Å². The number of hydrogen-bond acceptors (Lipinski definition) is 6. The molecule has 0 atom stereocenters. The molecule has 32 heavy (non-hydrogen) atoms. The van der Waals surface area contributed by atoms with Gasteiger partial charge in [-0.1, -0.05) is 0 Å². The molecule has 9 heteroatoms. The largest absolute Gasteiger partial charge is 0.444 e. The van der Waals surface area contributed by atoms with Crippen LogP contribution in [-0.2, 0) is 4.74 Å². The number of thiophene rings is 1. The highest BCUT2D eigenvalue weighted by molar-refractivity contribution is 7.28. The number of fused-ring (bicyclic) bond motifs is 2. The summed E-state index contributed by atoms with van der Waals surface area (Å²) in [5, 5.41) is 0.810. The standard InChI is InChI=1S/C23H25FN4O2S2/c1-13-11-28-12-15(9-16(24)19(28)25-13)20-26-21-18(32-20)10-17(31-21)14-5-7-27(8-6-14)22(29)30-23(2,3)4/h9-12,14H,5-8H2,1-4H3. The lowest BCUT2D eigenvalue weighted by Crippen LogP contribution is -2.41. The third-order valence-corrected chi connectivity index (χ3v) is 7.90. The van der Waals surface area contributed by atoms with Crippen molar-refractivity contribution in [1.82, 2.24) is 19.3 Å². The molecule has 1 amide bonds. The number of amides is 1. The molecule has 0 saturated carbocycles. The summed E-state index contributed by atoms with van der Waals surface area (Å²) in [6, 6.07) is 3.72. The Kier molecular flexibility index (Phi) is 5.21. The molecule has 0 spiro atoms. The summed E-state index contributed by atoms with van der Waals surface area (Å²) >= 11 is 3.29. The Hall–Kier alpha value is -2.52. The van der Waals surface area contributed by atoms with Crippen LogP contribution in [0.25, 0.3) is 25.7 Å². The zero-order valence-electron chi connectivity index (χ0n) is 18.5. The van der Waals surface area contributed by atoms with E-state index in [1.54, 1.807) is 32.0 Å². The summed E-state index contributed by atoms with van der Waals surface area (Å²) in [5.74, 6) is 0.0813. The number of hydrogen-bond donors (Lipinski definition) is 0. The fourth-order valence-corrected chi connectivity index (χ4v) is 6.42. The Morgan fingerprint density at radius 3 is 2.59 bits per heavy atom. The van der Waals surface area contributed by atoms with Crippen LogP contribution in [0.3, 0.4) is 0 Å². The molecule has 5 rings (SSSR count). The van der Waals surface area contributed by atoms with Gasteiger partial charge in [0.2, 0.25) is 0 Å². The van der Waals surface area contributed by atoms with Crippen LogP contribution in [0.2, 0.25) is 0 Å². The molecule has 1 fully saturated rings. The van der Waals surface area contributed by atoms with Crippen molar-refractivity contribution >= 4 is 43.9 Å². The molecule has 1 aliphatic heterocycles. The number of aromatic nitrogens is 3. The lowest BCUT2D eigenvalue weighted by molar-refractivity contribution is 0.0205. The topological polar surface area (TPSA) is 59.7 Å². The van der Waals surface area contributed by atoms with Crippen LogP contribution in [0.15, 0.2) is 24.5 Å². The van der Waals surface area contributed by atoms with Gasteiger partial charge in [0.05, 0.1) is 10.4 Å². The van der Waals surface area contributed by atoms with Crippen LogP contribution in [0.4, 0.5) is 9.18 Å². The van der Waals surface area contributed by atoms with Gasteiger partial charge in [0, 0.05) is 35.9 Å². The molecule has 0 radical (unpaired) electrons. The van der Waals surface area contributed by atoms with Crippen molar-refractivity contribution in [3.63, 3.8) is 0 Å². The van der Waals surface area contributed by atoms with E-state index in [9.17, 15) is 9.18 Å². The van der Waals surface area contributed by atoms with Crippen molar-refractivity contribution < 1.29 is 13.9 Å². The smallest absolute Gasteiger partial charge is 0.410 e. The van der Waals surface area contributed by atoms with Crippen LogP contribution in [-0.4, -0.2) is 44.1 Å². The minimum atomic E-state index is -0.473. The first-order valence-corrected chi connectivity index (χ1v) is 12.3. The predicted octanol–water partition coefficient (Wildman–Crippen LogP) is 6.23. The SMILES string of the molecule is Cc1cn2cc(-c3nc4sc(C5CCN(C(=O)OC(C)(C)C)CC5)cc4s3)cc(F)c2n1. The van der Waals surface area contributed by atoms with E-state index < -0.39 is 5.60 Å². The zero-order chi connectivity index (χ0) is 22.6. The summed E-state index contributed by atoms with van der Waals surface area (Å²) in [6.07, 6.45) is 5.31. The van der Waals surface area contributed by atoms with Crippen LogP contribution in [0.1, 0.15) is 50.1 Å². The van der Waals surface area contributed by atoms with E-state index in [4.69, 9.17) is 9.72 Å². The fraction of sp³-hybridized carbons (Fsp3) is 0.435. The highest BCUT2D eigenvalue weighted by Crippen LogP contribution is 2.40. The van der Waals surface area contributed by atoms with Crippen LogP contribution >= 0.6 is 22.7 Å². The first-order chi connectivity index (χ1) is 15.2. The van der Waals surface area contributed by atoms with Gasteiger partial charge in [0.15, 0.2) is 11.5 Å². The summed E-state index contributed by atoms with van der Waals surface area (Å²) in [6.45, 7) is 8.92. The number of imidazole rings is 1. The Morgan fingerprint density at radius 1 is 1.16 bits per heavy atom. The first kappa shape index (κ1) is 21.3. The molecular weight excluding hydrogens is 447 g/mol. The summed E-state index contributed by atoms with van der Waals surface area (Å²) < 4.78 is 22.8. The number of likely N-dealkylation sites (tertiary alicyclic amines) is 1. The molecule has 6 nitrogen and oxygen atoms in total. The number of pyridine rings is 1. The summed E-state index contributed by atoms with van der Waals surface area (Å²) in [7, 11) is 0. The Balaban J connectivity index is 1.31. The molecule has 168 valence electrons. The van der Waals surface area contributed by atoms with Gasteiger partial charge >= 0.3 is 6.09 Å². The number of aryl methyl sites for hydroxylation is 1. The third kappa shape index (κ3) is 4.11. The van der Waals surface area contributed by atoms with E-state index in [-0.39, 0.29) is 11.9 Å². The maximum Gasteiger partial charge on any atom is 0.410 e. The van der Waals surface area contributed by atoms with E-state index in [0.29, 0.717) is 24.7 Å². The van der Waals surface area contributed by atoms with Gasteiger partial charge in [-0.15, -0.1) is 22.7 Å². The summed E-state index contributed by atoms with van der Waals surface area (Å²) in [4.78, 5) is 25.4. The number of piperidine rings is 1. The minimum absolute atomic E-state index is 0.230. The van der Waals surface area contributed by atoms with E-state index >= 15 is 0 Å². The number of carbonyl (C=O) groups excluding carboxylic acids is 1. The lowest BCUT2D eigenvalue weighted by atomic mass is 9.95. The van der Waals surface area contributed by atoms with Gasteiger partial charge in [-0.2, -0.15) is 0 Å². The Labute approximate surface area is 193 Å². The highest BCUT2D eigenvalue weighted by Gasteiger charge is 2.28. The fourth-order valence-electron chi connectivity index (χ4n) is 4.05.